The van der Waals surface area contributed by atoms with Gasteiger partial charge in [-0.15, -0.1) is 0 Å². The Labute approximate surface area is 118 Å². The number of imidazole rings is 1. The molecule has 4 nitrogen and oxygen atoms in total. The number of aromatic nitrogens is 2. The Bertz CT molecular complexity index is 720. The third-order valence-corrected chi connectivity index (χ3v) is 3.50. The van der Waals surface area contributed by atoms with Crippen LogP contribution in [0.25, 0.3) is 11.0 Å². The second kappa shape index (κ2) is 4.49. The zero-order chi connectivity index (χ0) is 14.3. The van der Waals surface area contributed by atoms with Crippen LogP contribution >= 0.6 is 0 Å². The standard InChI is InChI=1S/C16H19N3O/c1-16(2,3)19-10-18-12-9-11(6-7-13(12)19)15(17)14-5-4-8-20-14/h4-10,15H,17H2,1-3H3. The average Bonchev–Trinajstić information content (AvgIpc) is 3.05. The van der Waals surface area contributed by atoms with Crippen molar-refractivity contribution in [2.45, 2.75) is 32.4 Å². The number of fused-ring (bicyclic) bond motifs is 1. The minimum absolute atomic E-state index is 0.0133. The fourth-order valence-corrected chi connectivity index (χ4v) is 2.39. The summed E-state index contributed by atoms with van der Waals surface area (Å²) in [7, 11) is 0. The smallest absolute Gasteiger partial charge is 0.124 e. The molecule has 0 aliphatic carbocycles. The summed E-state index contributed by atoms with van der Waals surface area (Å²) >= 11 is 0. The Balaban J connectivity index is 2.04. The van der Waals surface area contributed by atoms with E-state index in [1.54, 1.807) is 6.26 Å². The van der Waals surface area contributed by atoms with E-state index in [-0.39, 0.29) is 11.6 Å². The second-order valence-corrected chi connectivity index (χ2v) is 6.03. The summed E-state index contributed by atoms with van der Waals surface area (Å²) in [5.74, 6) is 0.764. The van der Waals surface area contributed by atoms with E-state index >= 15 is 0 Å². The van der Waals surface area contributed by atoms with Crippen LogP contribution in [0.15, 0.2) is 47.3 Å². The largest absolute Gasteiger partial charge is 0.467 e. The van der Waals surface area contributed by atoms with Gasteiger partial charge in [0.25, 0.3) is 0 Å². The predicted octanol–water partition coefficient (Wildman–Crippen LogP) is 3.43. The minimum atomic E-state index is -0.255. The predicted molar refractivity (Wildman–Crippen MR) is 79.5 cm³/mol. The maximum atomic E-state index is 6.22. The Hall–Kier alpha value is -2.07. The Morgan fingerprint density at radius 3 is 2.70 bits per heavy atom. The van der Waals surface area contributed by atoms with Crippen molar-refractivity contribution in [1.29, 1.82) is 0 Å². The van der Waals surface area contributed by atoms with Gasteiger partial charge in [-0.25, -0.2) is 4.98 Å². The topological polar surface area (TPSA) is 57.0 Å². The van der Waals surface area contributed by atoms with E-state index in [0.717, 1.165) is 22.4 Å². The molecule has 2 aromatic heterocycles. The number of furan rings is 1. The number of benzene rings is 1. The lowest BCUT2D eigenvalue weighted by atomic mass is 10.0. The van der Waals surface area contributed by atoms with Crippen molar-refractivity contribution >= 4 is 11.0 Å². The Morgan fingerprint density at radius 1 is 1.25 bits per heavy atom. The molecule has 104 valence electrons. The summed E-state index contributed by atoms with van der Waals surface area (Å²) in [6, 6.07) is 9.63. The van der Waals surface area contributed by atoms with Crippen molar-refractivity contribution in [2.75, 3.05) is 0 Å². The lowest BCUT2D eigenvalue weighted by molar-refractivity contribution is 0.408. The van der Waals surface area contributed by atoms with E-state index in [2.05, 4.69) is 36.4 Å². The molecule has 0 saturated carbocycles. The van der Waals surface area contributed by atoms with E-state index in [1.807, 2.05) is 30.6 Å². The molecule has 1 unspecified atom stereocenters. The minimum Gasteiger partial charge on any atom is -0.467 e. The van der Waals surface area contributed by atoms with Gasteiger partial charge in [0.05, 0.1) is 29.7 Å². The van der Waals surface area contributed by atoms with E-state index in [0.29, 0.717) is 0 Å². The molecular weight excluding hydrogens is 250 g/mol. The monoisotopic (exact) mass is 269 g/mol. The maximum Gasteiger partial charge on any atom is 0.124 e. The number of hydrogen-bond donors (Lipinski definition) is 1. The molecule has 20 heavy (non-hydrogen) atoms. The molecule has 1 aromatic carbocycles. The number of nitrogens with two attached hydrogens (primary N) is 1. The van der Waals surface area contributed by atoms with Gasteiger partial charge in [0.15, 0.2) is 0 Å². The Morgan fingerprint density at radius 2 is 2.05 bits per heavy atom. The molecule has 4 heteroatoms. The second-order valence-electron chi connectivity index (χ2n) is 6.03. The van der Waals surface area contributed by atoms with Crippen molar-refractivity contribution < 1.29 is 4.42 Å². The number of nitrogens with zero attached hydrogens (tertiary/aromatic N) is 2. The van der Waals surface area contributed by atoms with Crippen molar-refractivity contribution in [2.24, 2.45) is 5.73 Å². The highest BCUT2D eigenvalue weighted by atomic mass is 16.3. The zero-order valence-corrected chi connectivity index (χ0v) is 12.0. The summed E-state index contributed by atoms with van der Waals surface area (Å²) in [5.41, 5.74) is 9.31. The molecule has 0 fully saturated rings. The highest BCUT2D eigenvalue weighted by Gasteiger charge is 2.18. The third kappa shape index (κ3) is 2.12. The van der Waals surface area contributed by atoms with E-state index in [4.69, 9.17) is 10.2 Å². The molecule has 2 N–H and O–H groups in total. The van der Waals surface area contributed by atoms with Crippen LogP contribution in [0.3, 0.4) is 0 Å². The first-order chi connectivity index (χ1) is 9.47. The fourth-order valence-electron chi connectivity index (χ4n) is 2.39. The molecule has 0 aliphatic rings. The molecule has 3 aromatic rings. The quantitative estimate of drug-likeness (QED) is 0.775. The number of hydrogen-bond acceptors (Lipinski definition) is 3. The molecule has 0 radical (unpaired) electrons. The lowest BCUT2D eigenvalue weighted by Gasteiger charge is -2.21. The summed E-state index contributed by atoms with van der Waals surface area (Å²) in [5, 5.41) is 0. The van der Waals surface area contributed by atoms with Gasteiger partial charge in [0, 0.05) is 5.54 Å². The molecular formula is C16H19N3O. The van der Waals surface area contributed by atoms with Gasteiger partial charge < -0.3 is 14.7 Å². The van der Waals surface area contributed by atoms with Crippen molar-refractivity contribution in [3.63, 3.8) is 0 Å². The van der Waals surface area contributed by atoms with Crippen molar-refractivity contribution in [3.8, 4) is 0 Å². The van der Waals surface area contributed by atoms with Crippen LogP contribution in [-0.2, 0) is 5.54 Å². The first kappa shape index (κ1) is 12.9. The maximum absolute atomic E-state index is 6.22. The fraction of sp³-hybridized carbons (Fsp3) is 0.312. The molecule has 0 bridgehead atoms. The normalized spacial score (nSPS) is 13.8. The van der Waals surface area contributed by atoms with Gasteiger partial charge in [-0.3, -0.25) is 0 Å². The summed E-state index contributed by atoms with van der Waals surface area (Å²) in [4.78, 5) is 4.49. The molecule has 0 spiro atoms. The van der Waals surface area contributed by atoms with Crippen LogP contribution in [0.5, 0.6) is 0 Å². The van der Waals surface area contributed by atoms with Crippen LogP contribution in [0.4, 0.5) is 0 Å². The summed E-state index contributed by atoms with van der Waals surface area (Å²) in [6.07, 6.45) is 3.52. The molecule has 0 saturated heterocycles. The molecule has 0 amide bonds. The summed E-state index contributed by atoms with van der Waals surface area (Å²) < 4.78 is 7.54. The highest BCUT2D eigenvalue weighted by molar-refractivity contribution is 5.76. The van der Waals surface area contributed by atoms with Crippen molar-refractivity contribution in [3.05, 3.63) is 54.2 Å². The molecule has 3 rings (SSSR count). The van der Waals surface area contributed by atoms with Gasteiger partial charge in [0.2, 0.25) is 0 Å². The average molecular weight is 269 g/mol. The van der Waals surface area contributed by atoms with Gasteiger partial charge in [-0.2, -0.15) is 0 Å². The van der Waals surface area contributed by atoms with Crippen molar-refractivity contribution in [1.82, 2.24) is 9.55 Å². The number of rotatable bonds is 2. The van der Waals surface area contributed by atoms with Crippen LogP contribution in [0, 0.1) is 0 Å². The summed E-state index contributed by atoms with van der Waals surface area (Å²) in [6.45, 7) is 6.49. The first-order valence-electron chi connectivity index (χ1n) is 6.73. The van der Waals surface area contributed by atoms with Crippen LogP contribution in [0.1, 0.15) is 38.1 Å². The van der Waals surface area contributed by atoms with E-state index in [1.165, 1.54) is 0 Å². The van der Waals surface area contributed by atoms with Crippen LogP contribution < -0.4 is 5.73 Å². The van der Waals surface area contributed by atoms with Crippen LogP contribution in [-0.4, -0.2) is 9.55 Å². The van der Waals surface area contributed by atoms with E-state index in [9.17, 15) is 0 Å². The van der Waals surface area contributed by atoms with Gasteiger partial charge >= 0.3 is 0 Å². The third-order valence-electron chi connectivity index (χ3n) is 3.50. The van der Waals surface area contributed by atoms with E-state index < -0.39 is 0 Å². The van der Waals surface area contributed by atoms with Gasteiger partial charge in [-0.1, -0.05) is 6.07 Å². The zero-order valence-electron chi connectivity index (χ0n) is 12.0. The first-order valence-corrected chi connectivity index (χ1v) is 6.73. The van der Waals surface area contributed by atoms with Crippen LogP contribution in [0.2, 0.25) is 0 Å². The lowest BCUT2D eigenvalue weighted by Crippen LogP contribution is -2.20. The highest BCUT2D eigenvalue weighted by Crippen LogP contribution is 2.26. The van der Waals surface area contributed by atoms with Gasteiger partial charge in [-0.05, 0) is 50.6 Å². The Kier molecular flexibility index (Phi) is 2.91. The molecule has 0 aliphatic heterocycles. The van der Waals surface area contributed by atoms with Gasteiger partial charge in [0.1, 0.15) is 5.76 Å². The SMILES string of the molecule is CC(C)(C)n1cnc2cc(C(N)c3ccco3)ccc21. The molecule has 2 heterocycles. The molecule has 1 atom stereocenters.